The van der Waals surface area contributed by atoms with Gasteiger partial charge in [-0.3, -0.25) is 4.98 Å². The fraction of sp³-hybridized carbons (Fsp3) is 0.389. The molecule has 1 atom stereocenters. The Kier molecular flexibility index (Phi) is 4.91. The lowest BCUT2D eigenvalue weighted by Crippen LogP contribution is -2.23. The number of nitrogens with zero attached hydrogens (tertiary/aromatic N) is 1. The standard InChI is InChI=1S/C18H24N2/c1-5-19-18(12-16-8-6-7-13(2)9-16)17-10-14(3)20-15(4)11-17/h6-11,18-19H,5,12H2,1-4H3. The van der Waals surface area contributed by atoms with E-state index in [0.717, 1.165) is 24.4 Å². The van der Waals surface area contributed by atoms with Crippen LogP contribution in [0.3, 0.4) is 0 Å². The average Bonchev–Trinajstić information content (AvgIpc) is 2.37. The summed E-state index contributed by atoms with van der Waals surface area (Å²) >= 11 is 0. The lowest BCUT2D eigenvalue weighted by atomic mass is 9.97. The molecule has 0 radical (unpaired) electrons. The third kappa shape index (κ3) is 3.91. The Morgan fingerprint density at radius 3 is 2.35 bits per heavy atom. The van der Waals surface area contributed by atoms with E-state index in [1.165, 1.54) is 16.7 Å². The first-order valence-corrected chi connectivity index (χ1v) is 7.32. The molecule has 0 saturated carbocycles. The highest BCUT2D eigenvalue weighted by Gasteiger charge is 2.12. The molecule has 0 fully saturated rings. The van der Waals surface area contributed by atoms with Gasteiger partial charge in [0, 0.05) is 17.4 Å². The number of rotatable bonds is 5. The molecule has 2 aromatic rings. The zero-order chi connectivity index (χ0) is 14.5. The van der Waals surface area contributed by atoms with E-state index in [4.69, 9.17) is 0 Å². The van der Waals surface area contributed by atoms with E-state index < -0.39 is 0 Å². The molecule has 0 bridgehead atoms. The molecule has 106 valence electrons. The molecule has 1 N–H and O–H groups in total. The summed E-state index contributed by atoms with van der Waals surface area (Å²) in [6.45, 7) is 9.39. The molecular weight excluding hydrogens is 244 g/mol. The monoisotopic (exact) mass is 268 g/mol. The van der Waals surface area contributed by atoms with Gasteiger partial charge in [-0.1, -0.05) is 36.8 Å². The van der Waals surface area contributed by atoms with Crippen molar-refractivity contribution in [2.45, 2.75) is 40.2 Å². The van der Waals surface area contributed by atoms with E-state index in [1.807, 2.05) is 0 Å². The maximum absolute atomic E-state index is 4.47. The van der Waals surface area contributed by atoms with Gasteiger partial charge in [-0.15, -0.1) is 0 Å². The first-order valence-electron chi connectivity index (χ1n) is 7.32. The minimum absolute atomic E-state index is 0.349. The van der Waals surface area contributed by atoms with Crippen LogP contribution in [0.2, 0.25) is 0 Å². The van der Waals surface area contributed by atoms with Crippen molar-refractivity contribution in [2.75, 3.05) is 6.54 Å². The number of aryl methyl sites for hydroxylation is 3. The number of hydrogen-bond donors (Lipinski definition) is 1. The normalized spacial score (nSPS) is 12.4. The number of benzene rings is 1. The van der Waals surface area contributed by atoms with Crippen LogP contribution in [-0.4, -0.2) is 11.5 Å². The summed E-state index contributed by atoms with van der Waals surface area (Å²) in [6.07, 6.45) is 1.01. The van der Waals surface area contributed by atoms with Crippen LogP contribution in [0.15, 0.2) is 36.4 Å². The van der Waals surface area contributed by atoms with E-state index in [0.29, 0.717) is 6.04 Å². The fourth-order valence-corrected chi connectivity index (χ4v) is 2.70. The molecule has 1 aromatic carbocycles. The van der Waals surface area contributed by atoms with Crippen LogP contribution in [0.1, 0.15) is 41.0 Å². The molecule has 1 heterocycles. The van der Waals surface area contributed by atoms with Gasteiger partial charge in [-0.2, -0.15) is 0 Å². The quantitative estimate of drug-likeness (QED) is 0.889. The fourth-order valence-electron chi connectivity index (χ4n) is 2.70. The molecule has 2 nitrogen and oxygen atoms in total. The highest BCUT2D eigenvalue weighted by molar-refractivity contribution is 5.28. The summed E-state index contributed by atoms with van der Waals surface area (Å²) in [5, 5.41) is 3.59. The van der Waals surface area contributed by atoms with Gasteiger partial charge in [0.05, 0.1) is 0 Å². The Morgan fingerprint density at radius 2 is 1.75 bits per heavy atom. The maximum Gasteiger partial charge on any atom is 0.0379 e. The second-order valence-corrected chi connectivity index (χ2v) is 5.49. The first-order chi connectivity index (χ1) is 9.58. The van der Waals surface area contributed by atoms with Gasteiger partial charge in [0.2, 0.25) is 0 Å². The molecule has 0 saturated heterocycles. The minimum atomic E-state index is 0.349. The zero-order valence-corrected chi connectivity index (χ0v) is 12.9. The molecule has 1 aromatic heterocycles. The van der Waals surface area contributed by atoms with Gasteiger partial charge in [0.25, 0.3) is 0 Å². The topological polar surface area (TPSA) is 24.9 Å². The Labute approximate surface area is 122 Å². The molecule has 0 aliphatic heterocycles. The molecule has 0 spiro atoms. The molecule has 0 aliphatic carbocycles. The predicted molar refractivity (Wildman–Crippen MR) is 85.0 cm³/mol. The third-order valence-corrected chi connectivity index (χ3v) is 3.48. The van der Waals surface area contributed by atoms with Crippen LogP contribution in [0.5, 0.6) is 0 Å². The summed E-state index contributed by atoms with van der Waals surface area (Å²) in [6, 6.07) is 13.5. The van der Waals surface area contributed by atoms with Gasteiger partial charge < -0.3 is 5.32 Å². The number of likely N-dealkylation sites (N-methyl/N-ethyl adjacent to an activating group) is 1. The average molecular weight is 268 g/mol. The Bertz CT molecular complexity index is 555. The third-order valence-electron chi connectivity index (χ3n) is 3.48. The van der Waals surface area contributed by atoms with Crippen LogP contribution < -0.4 is 5.32 Å². The van der Waals surface area contributed by atoms with Crippen molar-refractivity contribution >= 4 is 0 Å². The smallest absolute Gasteiger partial charge is 0.0379 e. The van der Waals surface area contributed by atoms with Crippen LogP contribution in [-0.2, 0) is 6.42 Å². The van der Waals surface area contributed by atoms with Gasteiger partial charge in [0.1, 0.15) is 0 Å². The summed E-state index contributed by atoms with van der Waals surface area (Å²) < 4.78 is 0. The minimum Gasteiger partial charge on any atom is -0.310 e. The molecule has 20 heavy (non-hydrogen) atoms. The number of aromatic nitrogens is 1. The summed E-state index contributed by atoms with van der Waals surface area (Å²) in [4.78, 5) is 4.47. The van der Waals surface area contributed by atoms with E-state index in [-0.39, 0.29) is 0 Å². The Hall–Kier alpha value is -1.67. The van der Waals surface area contributed by atoms with E-state index >= 15 is 0 Å². The maximum atomic E-state index is 4.47. The van der Waals surface area contributed by atoms with Crippen LogP contribution in [0.4, 0.5) is 0 Å². The highest BCUT2D eigenvalue weighted by Crippen LogP contribution is 2.20. The van der Waals surface area contributed by atoms with E-state index in [2.05, 4.69) is 74.4 Å². The van der Waals surface area contributed by atoms with Gasteiger partial charge >= 0.3 is 0 Å². The van der Waals surface area contributed by atoms with Crippen molar-refractivity contribution in [3.8, 4) is 0 Å². The molecule has 0 amide bonds. The zero-order valence-electron chi connectivity index (χ0n) is 12.9. The SMILES string of the molecule is CCNC(Cc1cccc(C)c1)c1cc(C)nc(C)c1. The summed E-state index contributed by atoms with van der Waals surface area (Å²) in [7, 11) is 0. The number of hydrogen-bond acceptors (Lipinski definition) is 2. The summed E-state index contributed by atoms with van der Waals surface area (Å²) in [5.74, 6) is 0. The van der Waals surface area contributed by atoms with Gasteiger partial charge in [0.15, 0.2) is 0 Å². The van der Waals surface area contributed by atoms with Crippen molar-refractivity contribution in [3.63, 3.8) is 0 Å². The highest BCUT2D eigenvalue weighted by atomic mass is 14.9. The Balaban J connectivity index is 2.26. The van der Waals surface area contributed by atoms with E-state index in [1.54, 1.807) is 0 Å². The van der Waals surface area contributed by atoms with Gasteiger partial charge in [-0.25, -0.2) is 0 Å². The molecule has 2 heteroatoms. The number of nitrogens with one attached hydrogen (secondary N) is 1. The number of pyridine rings is 1. The Morgan fingerprint density at radius 1 is 1.05 bits per heavy atom. The van der Waals surface area contributed by atoms with Crippen LogP contribution >= 0.6 is 0 Å². The largest absolute Gasteiger partial charge is 0.310 e. The second-order valence-electron chi connectivity index (χ2n) is 5.49. The first kappa shape index (κ1) is 14.7. The summed E-state index contributed by atoms with van der Waals surface area (Å²) in [5.41, 5.74) is 6.21. The van der Waals surface area contributed by atoms with Crippen molar-refractivity contribution in [1.29, 1.82) is 0 Å². The molecule has 2 rings (SSSR count). The van der Waals surface area contributed by atoms with Crippen LogP contribution in [0, 0.1) is 20.8 Å². The van der Waals surface area contributed by atoms with E-state index in [9.17, 15) is 0 Å². The molecule has 1 unspecified atom stereocenters. The van der Waals surface area contributed by atoms with Crippen molar-refractivity contribution in [1.82, 2.24) is 10.3 Å². The predicted octanol–water partition coefficient (Wildman–Crippen LogP) is 3.90. The van der Waals surface area contributed by atoms with Crippen molar-refractivity contribution in [2.24, 2.45) is 0 Å². The van der Waals surface area contributed by atoms with Crippen LogP contribution in [0.25, 0.3) is 0 Å². The van der Waals surface area contributed by atoms with Crippen molar-refractivity contribution < 1.29 is 0 Å². The molecular formula is C18H24N2. The lowest BCUT2D eigenvalue weighted by molar-refractivity contribution is 0.548. The van der Waals surface area contributed by atoms with Gasteiger partial charge in [-0.05, 0) is 57.0 Å². The molecule has 0 aliphatic rings. The van der Waals surface area contributed by atoms with Crippen molar-refractivity contribution in [3.05, 3.63) is 64.5 Å². The lowest BCUT2D eigenvalue weighted by Gasteiger charge is -2.19. The second kappa shape index (κ2) is 6.67.